The van der Waals surface area contributed by atoms with Crippen LogP contribution in [0.5, 0.6) is 0 Å². The zero-order valence-corrected chi connectivity index (χ0v) is 12.9. The van der Waals surface area contributed by atoms with Gasteiger partial charge in [-0.05, 0) is 30.7 Å². The van der Waals surface area contributed by atoms with Gasteiger partial charge in [-0.15, -0.1) is 0 Å². The normalized spacial score (nSPS) is 22.5. The SMILES string of the molecule is CCN(Cc1ccc(Br)cc1)[C@H]1CCS(=O)(=O)C1. The van der Waals surface area contributed by atoms with Crippen LogP contribution >= 0.6 is 15.9 Å². The molecule has 1 fully saturated rings. The fourth-order valence-electron chi connectivity index (χ4n) is 2.39. The summed E-state index contributed by atoms with van der Waals surface area (Å²) in [5.74, 6) is 0.659. The summed E-state index contributed by atoms with van der Waals surface area (Å²) >= 11 is 3.42. The molecule has 0 aliphatic carbocycles. The number of sulfone groups is 1. The Hall–Kier alpha value is -0.390. The Bertz CT molecular complexity index is 498. The average molecular weight is 332 g/mol. The molecule has 1 aromatic carbocycles. The summed E-state index contributed by atoms with van der Waals surface area (Å²) in [4.78, 5) is 2.26. The molecule has 1 aliphatic rings. The van der Waals surface area contributed by atoms with Gasteiger partial charge in [0.05, 0.1) is 11.5 Å². The van der Waals surface area contributed by atoms with Crippen LogP contribution in [0, 0.1) is 0 Å². The van der Waals surface area contributed by atoms with Crippen molar-refractivity contribution in [2.24, 2.45) is 0 Å². The molecule has 1 aromatic rings. The van der Waals surface area contributed by atoms with E-state index in [9.17, 15) is 8.42 Å². The van der Waals surface area contributed by atoms with Gasteiger partial charge in [0, 0.05) is 17.1 Å². The Kier molecular flexibility index (Phi) is 4.45. The van der Waals surface area contributed by atoms with Gasteiger partial charge < -0.3 is 0 Å². The summed E-state index contributed by atoms with van der Waals surface area (Å²) in [5.41, 5.74) is 1.23. The molecule has 0 saturated carbocycles. The summed E-state index contributed by atoms with van der Waals surface area (Å²) in [7, 11) is -2.80. The van der Waals surface area contributed by atoms with E-state index in [-0.39, 0.29) is 6.04 Å². The first kappa shape index (κ1) is 14.0. The van der Waals surface area contributed by atoms with Crippen LogP contribution in [0.1, 0.15) is 18.9 Å². The van der Waals surface area contributed by atoms with Gasteiger partial charge in [0.15, 0.2) is 9.84 Å². The third kappa shape index (κ3) is 3.56. The molecule has 1 atom stereocenters. The highest BCUT2D eigenvalue weighted by molar-refractivity contribution is 9.10. The van der Waals surface area contributed by atoms with Gasteiger partial charge >= 0.3 is 0 Å². The van der Waals surface area contributed by atoms with Gasteiger partial charge in [0.25, 0.3) is 0 Å². The smallest absolute Gasteiger partial charge is 0.151 e. The summed E-state index contributed by atoms with van der Waals surface area (Å²) in [5, 5.41) is 0. The molecule has 18 heavy (non-hydrogen) atoms. The van der Waals surface area contributed by atoms with E-state index >= 15 is 0 Å². The van der Waals surface area contributed by atoms with Crippen molar-refractivity contribution in [3.8, 4) is 0 Å². The molecule has 2 rings (SSSR count). The quantitative estimate of drug-likeness (QED) is 0.850. The van der Waals surface area contributed by atoms with Crippen LogP contribution in [0.15, 0.2) is 28.7 Å². The second kappa shape index (κ2) is 5.72. The Balaban J connectivity index is 2.04. The summed E-state index contributed by atoms with van der Waals surface area (Å²) in [6, 6.07) is 8.39. The summed E-state index contributed by atoms with van der Waals surface area (Å²) < 4.78 is 24.1. The van der Waals surface area contributed by atoms with E-state index < -0.39 is 9.84 Å². The molecule has 0 bridgehead atoms. The predicted molar refractivity (Wildman–Crippen MR) is 77.3 cm³/mol. The second-order valence-electron chi connectivity index (χ2n) is 4.75. The van der Waals surface area contributed by atoms with Crippen molar-refractivity contribution >= 4 is 25.8 Å². The van der Waals surface area contributed by atoms with Crippen LogP contribution in [0.4, 0.5) is 0 Å². The van der Waals surface area contributed by atoms with Gasteiger partial charge in [-0.25, -0.2) is 8.42 Å². The highest BCUT2D eigenvalue weighted by Gasteiger charge is 2.31. The Morgan fingerprint density at radius 1 is 1.33 bits per heavy atom. The van der Waals surface area contributed by atoms with E-state index in [1.165, 1.54) is 5.56 Å². The van der Waals surface area contributed by atoms with Crippen LogP contribution in [-0.4, -0.2) is 37.4 Å². The third-order valence-corrected chi connectivity index (χ3v) is 5.71. The lowest BCUT2D eigenvalue weighted by Crippen LogP contribution is -2.35. The fourth-order valence-corrected chi connectivity index (χ4v) is 4.41. The monoisotopic (exact) mass is 331 g/mol. The molecule has 100 valence electrons. The maximum Gasteiger partial charge on any atom is 0.151 e. The van der Waals surface area contributed by atoms with E-state index in [4.69, 9.17) is 0 Å². The number of hydrogen-bond acceptors (Lipinski definition) is 3. The first-order chi connectivity index (χ1) is 8.50. The van der Waals surface area contributed by atoms with E-state index in [2.05, 4.69) is 39.9 Å². The minimum atomic E-state index is -2.80. The largest absolute Gasteiger partial charge is 0.295 e. The van der Waals surface area contributed by atoms with Crippen molar-refractivity contribution in [1.29, 1.82) is 0 Å². The number of hydrogen-bond donors (Lipinski definition) is 0. The Labute approximate surface area is 117 Å². The maximum absolute atomic E-state index is 11.5. The lowest BCUT2D eigenvalue weighted by atomic mass is 10.1. The molecule has 0 unspecified atom stereocenters. The van der Waals surface area contributed by atoms with Crippen molar-refractivity contribution in [2.45, 2.75) is 25.9 Å². The number of halogens is 1. The molecule has 5 heteroatoms. The topological polar surface area (TPSA) is 37.4 Å². The van der Waals surface area contributed by atoms with Crippen molar-refractivity contribution in [3.63, 3.8) is 0 Å². The predicted octanol–water partition coefficient (Wildman–Crippen LogP) is 2.46. The van der Waals surface area contributed by atoms with Gasteiger partial charge in [-0.3, -0.25) is 4.90 Å². The molecule has 0 amide bonds. The molecule has 3 nitrogen and oxygen atoms in total. The minimum absolute atomic E-state index is 0.184. The van der Waals surface area contributed by atoms with E-state index in [0.717, 1.165) is 24.0 Å². The first-order valence-electron chi connectivity index (χ1n) is 6.19. The van der Waals surface area contributed by atoms with Crippen molar-refractivity contribution in [3.05, 3.63) is 34.3 Å². The molecule has 1 aliphatic heterocycles. The zero-order valence-electron chi connectivity index (χ0n) is 10.5. The van der Waals surface area contributed by atoms with E-state index in [1.54, 1.807) is 0 Å². The minimum Gasteiger partial charge on any atom is -0.295 e. The molecule has 0 N–H and O–H groups in total. The summed E-state index contributed by atoms with van der Waals surface area (Å²) in [6.45, 7) is 3.80. The lowest BCUT2D eigenvalue weighted by Gasteiger charge is -2.26. The van der Waals surface area contributed by atoms with E-state index in [1.807, 2.05) is 12.1 Å². The lowest BCUT2D eigenvalue weighted by molar-refractivity contribution is 0.215. The third-order valence-electron chi connectivity index (χ3n) is 3.43. The van der Waals surface area contributed by atoms with Crippen LogP contribution in [0.25, 0.3) is 0 Å². The number of rotatable bonds is 4. The second-order valence-corrected chi connectivity index (χ2v) is 7.89. The van der Waals surface area contributed by atoms with Crippen molar-refractivity contribution in [2.75, 3.05) is 18.1 Å². The molecule has 1 saturated heterocycles. The first-order valence-corrected chi connectivity index (χ1v) is 8.80. The fraction of sp³-hybridized carbons (Fsp3) is 0.538. The Morgan fingerprint density at radius 3 is 2.50 bits per heavy atom. The molecule has 1 heterocycles. The number of nitrogens with zero attached hydrogens (tertiary/aromatic N) is 1. The van der Waals surface area contributed by atoms with Gasteiger partial charge in [0.1, 0.15) is 0 Å². The number of benzene rings is 1. The van der Waals surface area contributed by atoms with Crippen LogP contribution in [0.3, 0.4) is 0 Å². The maximum atomic E-state index is 11.5. The summed E-state index contributed by atoms with van der Waals surface area (Å²) in [6.07, 6.45) is 0.771. The van der Waals surface area contributed by atoms with Gasteiger partial charge in [-0.1, -0.05) is 35.0 Å². The standard InChI is InChI=1S/C13H18BrNO2S/c1-2-15(13-7-8-18(16,17)10-13)9-11-3-5-12(14)6-4-11/h3-6,13H,2,7-10H2,1H3/t13-/m0/s1. The molecule has 0 spiro atoms. The highest BCUT2D eigenvalue weighted by Crippen LogP contribution is 2.20. The zero-order chi connectivity index (χ0) is 13.2. The molecular weight excluding hydrogens is 314 g/mol. The molecule has 0 radical (unpaired) electrons. The van der Waals surface area contributed by atoms with Crippen LogP contribution < -0.4 is 0 Å². The highest BCUT2D eigenvalue weighted by atomic mass is 79.9. The average Bonchev–Trinajstić information content (AvgIpc) is 2.69. The Morgan fingerprint density at radius 2 is 2.00 bits per heavy atom. The van der Waals surface area contributed by atoms with Crippen LogP contribution in [-0.2, 0) is 16.4 Å². The molecular formula is C13H18BrNO2S. The van der Waals surface area contributed by atoms with Gasteiger partial charge in [-0.2, -0.15) is 0 Å². The van der Waals surface area contributed by atoms with Crippen LogP contribution in [0.2, 0.25) is 0 Å². The van der Waals surface area contributed by atoms with E-state index in [0.29, 0.717) is 11.5 Å². The van der Waals surface area contributed by atoms with Gasteiger partial charge in [0.2, 0.25) is 0 Å². The molecule has 0 aromatic heterocycles. The van der Waals surface area contributed by atoms with Crippen molar-refractivity contribution < 1.29 is 8.42 Å². The van der Waals surface area contributed by atoms with Crippen molar-refractivity contribution in [1.82, 2.24) is 4.90 Å².